The lowest BCUT2D eigenvalue weighted by Crippen LogP contribution is -2.59. The van der Waals surface area contributed by atoms with Gasteiger partial charge in [-0.25, -0.2) is 4.79 Å². The number of hydrogen-bond donors (Lipinski definition) is 1. The number of rotatable bonds is 15. The van der Waals surface area contributed by atoms with Gasteiger partial charge in [0.15, 0.2) is 5.54 Å². The molecule has 4 atom stereocenters. The number of ether oxygens (including phenoxy) is 4. The average Bonchev–Trinajstić information content (AvgIpc) is 2.97. The van der Waals surface area contributed by atoms with E-state index in [1.165, 1.54) is 7.11 Å². The first-order chi connectivity index (χ1) is 18.8. The second-order valence-corrected chi connectivity index (χ2v) is 9.87. The normalized spacial score (nSPS) is 15.0. The number of methoxy groups -OCH3 is 1. The highest BCUT2D eigenvalue weighted by Crippen LogP contribution is 2.21. The Balaban J connectivity index is 1.72. The van der Waals surface area contributed by atoms with Crippen LogP contribution in [0.1, 0.15) is 37.5 Å². The van der Waals surface area contributed by atoms with Crippen molar-refractivity contribution >= 4 is 11.9 Å². The van der Waals surface area contributed by atoms with Crippen molar-refractivity contribution in [2.45, 2.75) is 58.3 Å². The fraction of sp³-hybridized carbons (Fsp3) is 0.375. The van der Waals surface area contributed by atoms with E-state index in [1.54, 1.807) is 6.92 Å². The molecule has 3 aromatic rings. The summed E-state index contributed by atoms with van der Waals surface area (Å²) < 4.78 is 23.1. The van der Waals surface area contributed by atoms with Crippen LogP contribution >= 0.6 is 0 Å². The van der Waals surface area contributed by atoms with Crippen LogP contribution < -0.4 is 5.32 Å². The van der Waals surface area contributed by atoms with Crippen molar-refractivity contribution in [3.8, 4) is 0 Å². The molecular formula is C32H39NO6. The lowest BCUT2D eigenvalue weighted by molar-refractivity contribution is -0.158. The molecule has 0 fully saturated rings. The van der Waals surface area contributed by atoms with Gasteiger partial charge < -0.3 is 24.3 Å². The van der Waals surface area contributed by atoms with Crippen LogP contribution in [0.2, 0.25) is 0 Å². The first kappa shape index (κ1) is 30.0. The van der Waals surface area contributed by atoms with Crippen molar-refractivity contribution in [1.82, 2.24) is 5.32 Å². The van der Waals surface area contributed by atoms with Crippen LogP contribution in [0.5, 0.6) is 0 Å². The highest BCUT2D eigenvalue weighted by Gasteiger charge is 2.40. The van der Waals surface area contributed by atoms with Gasteiger partial charge in [-0.1, -0.05) is 97.9 Å². The minimum absolute atomic E-state index is 0.0693. The van der Waals surface area contributed by atoms with E-state index >= 15 is 0 Å². The van der Waals surface area contributed by atoms with Crippen LogP contribution in [0.3, 0.4) is 0 Å². The molecule has 3 rings (SSSR count). The van der Waals surface area contributed by atoms with Crippen molar-refractivity contribution in [1.29, 1.82) is 0 Å². The van der Waals surface area contributed by atoms with Gasteiger partial charge in [0.2, 0.25) is 5.91 Å². The predicted molar refractivity (Wildman–Crippen MR) is 150 cm³/mol. The zero-order chi connectivity index (χ0) is 28.1. The summed E-state index contributed by atoms with van der Waals surface area (Å²) in [4.78, 5) is 26.5. The second-order valence-electron chi connectivity index (χ2n) is 9.87. The van der Waals surface area contributed by atoms with Crippen LogP contribution in [0.15, 0.2) is 91.0 Å². The molecule has 1 N–H and O–H groups in total. The zero-order valence-corrected chi connectivity index (χ0v) is 23.2. The van der Waals surface area contributed by atoms with Crippen LogP contribution in [-0.4, -0.2) is 43.3 Å². The Labute approximate surface area is 231 Å². The van der Waals surface area contributed by atoms with E-state index < -0.39 is 23.5 Å². The number of amides is 1. The Kier molecular flexibility index (Phi) is 11.7. The highest BCUT2D eigenvalue weighted by molar-refractivity contribution is 5.90. The van der Waals surface area contributed by atoms with E-state index in [-0.39, 0.29) is 31.8 Å². The molecule has 39 heavy (non-hydrogen) atoms. The maximum absolute atomic E-state index is 13.7. The fourth-order valence-electron chi connectivity index (χ4n) is 4.09. The van der Waals surface area contributed by atoms with E-state index in [9.17, 15) is 9.59 Å². The summed E-state index contributed by atoms with van der Waals surface area (Å²) in [6.07, 6.45) is -1.20. The number of nitrogens with one attached hydrogen (secondary N) is 1. The van der Waals surface area contributed by atoms with Crippen LogP contribution in [0.25, 0.3) is 0 Å². The predicted octanol–water partition coefficient (Wildman–Crippen LogP) is 5.08. The van der Waals surface area contributed by atoms with E-state index in [0.29, 0.717) is 6.61 Å². The fourth-order valence-corrected chi connectivity index (χ4v) is 4.09. The molecule has 0 unspecified atom stereocenters. The first-order valence-electron chi connectivity index (χ1n) is 13.2. The molecule has 0 aromatic heterocycles. The molecule has 7 nitrogen and oxygen atoms in total. The Morgan fingerprint density at radius 2 is 1.21 bits per heavy atom. The molecule has 0 aliphatic rings. The lowest BCUT2D eigenvalue weighted by Gasteiger charge is -2.33. The molecule has 0 radical (unpaired) electrons. The van der Waals surface area contributed by atoms with E-state index in [1.807, 2.05) is 105 Å². The third-order valence-corrected chi connectivity index (χ3v) is 6.64. The molecule has 0 aliphatic carbocycles. The summed E-state index contributed by atoms with van der Waals surface area (Å²) in [5, 5.41) is 2.86. The van der Waals surface area contributed by atoms with Gasteiger partial charge in [0.1, 0.15) is 6.10 Å². The third kappa shape index (κ3) is 9.32. The van der Waals surface area contributed by atoms with Crippen molar-refractivity contribution in [3.05, 3.63) is 108 Å². The number of carbonyl (C=O) groups excluding carboxylic acids is 2. The maximum atomic E-state index is 13.7. The summed E-state index contributed by atoms with van der Waals surface area (Å²) in [5.74, 6) is -1.37. The molecule has 0 bridgehead atoms. The van der Waals surface area contributed by atoms with Crippen LogP contribution in [0, 0.1) is 5.92 Å². The van der Waals surface area contributed by atoms with Gasteiger partial charge in [0, 0.05) is 5.92 Å². The van der Waals surface area contributed by atoms with Gasteiger partial charge in [-0.3, -0.25) is 4.79 Å². The molecule has 208 valence electrons. The van der Waals surface area contributed by atoms with Gasteiger partial charge in [0.05, 0.1) is 39.6 Å². The Morgan fingerprint density at radius 3 is 1.69 bits per heavy atom. The molecule has 1 amide bonds. The number of carbonyl (C=O) groups is 2. The average molecular weight is 534 g/mol. The summed E-state index contributed by atoms with van der Waals surface area (Å²) in [5.41, 5.74) is 1.51. The molecule has 0 saturated carbocycles. The minimum atomic E-state index is -1.41. The number of hydrogen-bond acceptors (Lipinski definition) is 6. The smallest absolute Gasteiger partial charge is 0.333 e. The van der Waals surface area contributed by atoms with E-state index in [4.69, 9.17) is 18.9 Å². The van der Waals surface area contributed by atoms with E-state index in [0.717, 1.165) is 16.7 Å². The van der Waals surface area contributed by atoms with Gasteiger partial charge in [0.25, 0.3) is 0 Å². The largest absolute Gasteiger partial charge is 0.467 e. The van der Waals surface area contributed by atoms with Crippen molar-refractivity contribution in [3.63, 3.8) is 0 Å². The monoisotopic (exact) mass is 533 g/mol. The Morgan fingerprint density at radius 1 is 0.744 bits per heavy atom. The quantitative estimate of drug-likeness (QED) is 0.275. The molecular weight excluding hydrogens is 494 g/mol. The molecule has 3 aromatic carbocycles. The standard InChI is InChI=1S/C32H39NO6/c1-24(25(2)38-21-27-16-10-6-11-17-27)29(39-22-28-18-12-7-13-19-28)30(34)33-32(3,31(35)36-4)23-37-20-26-14-8-5-9-15-26/h5-19,24-25,29H,20-23H2,1-4H3,(H,33,34)/t24-,25-,29-,32-/m1/s1. The van der Waals surface area contributed by atoms with Crippen molar-refractivity contribution < 1.29 is 28.5 Å². The SMILES string of the molecule is COC(=O)[C@@](C)(COCc1ccccc1)NC(=O)[C@H](OCc1ccccc1)[C@H](C)[C@@H](C)OCc1ccccc1. The minimum Gasteiger partial charge on any atom is -0.467 e. The zero-order valence-electron chi connectivity index (χ0n) is 23.2. The summed E-state index contributed by atoms with van der Waals surface area (Å²) in [7, 11) is 1.29. The Hall–Kier alpha value is -3.52. The summed E-state index contributed by atoms with van der Waals surface area (Å²) in [6.45, 7) is 6.28. The highest BCUT2D eigenvalue weighted by atomic mass is 16.5. The lowest BCUT2D eigenvalue weighted by atomic mass is 9.96. The molecule has 7 heteroatoms. The van der Waals surface area contributed by atoms with Gasteiger partial charge in [-0.2, -0.15) is 0 Å². The molecule has 0 heterocycles. The van der Waals surface area contributed by atoms with Crippen molar-refractivity contribution in [2.75, 3.05) is 13.7 Å². The molecule has 0 aliphatic heterocycles. The van der Waals surface area contributed by atoms with Gasteiger partial charge >= 0.3 is 5.97 Å². The van der Waals surface area contributed by atoms with E-state index in [2.05, 4.69) is 5.32 Å². The second kappa shape index (κ2) is 15.2. The number of benzene rings is 3. The summed E-state index contributed by atoms with van der Waals surface area (Å²) in [6, 6.07) is 29.1. The molecule has 0 spiro atoms. The summed E-state index contributed by atoms with van der Waals surface area (Å²) >= 11 is 0. The third-order valence-electron chi connectivity index (χ3n) is 6.64. The maximum Gasteiger partial charge on any atom is 0.333 e. The topological polar surface area (TPSA) is 83.1 Å². The van der Waals surface area contributed by atoms with Crippen molar-refractivity contribution in [2.24, 2.45) is 5.92 Å². The van der Waals surface area contributed by atoms with Gasteiger partial charge in [-0.05, 0) is 30.5 Å². The number of esters is 1. The first-order valence-corrected chi connectivity index (χ1v) is 13.2. The Bertz CT molecular complexity index is 1140. The van der Waals surface area contributed by atoms with Crippen LogP contribution in [0.4, 0.5) is 0 Å². The van der Waals surface area contributed by atoms with Gasteiger partial charge in [-0.15, -0.1) is 0 Å². The van der Waals surface area contributed by atoms with Crippen LogP contribution in [-0.2, 0) is 48.4 Å². The molecule has 0 saturated heterocycles.